The second-order valence-electron chi connectivity index (χ2n) is 5.22. The normalized spacial score (nSPS) is 35.1. The molecule has 0 bridgehead atoms. The van der Waals surface area contributed by atoms with Crippen LogP contribution in [0.1, 0.15) is 30.7 Å². The number of fused-ring (bicyclic) bond motifs is 1. The molecule has 3 N–H and O–H groups in total. The van der Waals surface area contributed by atoms with Crippen LogP contribution in [0.3, 0.4) is 0 Å². The van der Waals surface area contributed by atoms with Crippen molar-refractivity contribution in [1.82, 2.24) is 14.8 Å². The zero-order valence-electron chi connectivity index (χ0n) is 11.1. The van der Waals surface area contributed by atoms with Crippen molar-refractivity contribution < 1.29 is 24.1 Å². The van der Waals surface area contributed by atoms with Crippen molar-refractivity contribution >= 4 is 5.91 Å². The van der Waals surface area contributed by atoms with Gasteiger partial charge in [0.15, 0.2) is 12.0 Å². The van der Waals surface area contributed by atoms with Crippen molar-refractivity contribution in [3.8, 4) is 0 Å². The summed E-state index contributed by atoms with van der Waals surface area (Å²) >= 11 is 0. The Bertz CT molecular complexity index is 531. The maximum absolute atomic E-state index is 11.0. The average molecular weight is 284 g/mol. The van der Waals surface area contributed by atoms with Gasteiger partial charge in [-0.25, -0.2) is 9.67 Å². The van der Waals surface area contributed by atoms with Crippen LogP contribution in [-0.2, 0) is 14.2 Å². The molecule has 1 amide bonds. The lowest BCUT2D eigenvalue weighted by Crippen LogP contribution is -2.31. The van der Waals surface area contributed by atoms with Crippen molar-refractivity contribution in [2.24, 2.45) is 5.73 Å². The Kier molecular flexibility index (Phi) is 3.01. The number of aliphatic hydroxyl groups is 1. The number of rotatable bonds is 3. The number of aromatic nitrogens is 3. The van der Waals surface area contributed by atoms with E-state index in [4.69, 9.17) is 19.9 Å². The zero-order chi connectivity index (χ0) is 14.5. The Morgan fingerprint density at radius 3 is 2.80 bits per heavy atom. The highest BCUT2D eigenvalue weighted by molar-refractivity contribution is 5.88. The number of nitrogens with zero attached hydrogens (tertiary/aromatic N) is 3. The molecule has 0 saturated carbocycles. The fourth-order valence-corrected chi connectivity index (χ4v) is 2.53. The number of ether oxygens (including phenoxy) is 3. The number of carbonyl (C=O) groups excluding carboxylic acids is 1. The number of amides is 1. The van der Waals surface area contributed by atoms with Gasteiger partial charge in [-0.05, 0) is 13.8 Å². The highest BCUT2D eigenvalue weighted by atomic mass is 16.8. The molecule has 2 fully saturated rings. The summed E-state index contributed by atoms with van der Waals surface area (Å²) in [7, 11) is 0. The molecule has 4 atom stereocenters. The predicted molar refractivity (Wildman–Crippen MR) is 63.4 cm³/mol. The maximum atomic E-state index is 11.0. The van der Waals surface area contributed by atoms with Crippen LogP contribution < -0.4 is 5.73 Å². The Labute approximate surface area is 114 Å². The van der Waals surface area contributed by atoms with E-state index in [2.05, 4.69) is 10.1 Å². The second kappa shape index (κ2) is 4.48. The van der Waals surface area contributed by atoms with Gasteiger partial charge in [-0.15, -0.1) is 5.10 Å². The molecule has 1 aromatic rings. The van der Waals surface area contributed by atoms with Crippen molar-refractivity contribution in [2.75, 3.05) is 6.61 Å². The number of carbonyl (C=O) groups is 1. The van der Waals surface area contributed by atoms with Gasteiger partial charge in [0.1, 0.15) is 24.6 Å². The SMILES string of the molecule is CC1(C)O[C@@H]2[C@@H](CO)OC(n3cnc(C(N)=O)n3)[C@@H]2O1. The van der Waals surface area contributed by atoms with Gasteiger partial charge >= 0.3 is 0 Å². The van der Waals surface area contributed by atoms with Crippen molar-refractivity contribution in [3.63, 3.8) is 0 Å². The summed E-state index contributed by atoms with van der Waals surface area (Å²) in [5.41, 5.74) is 5.12. The van der Waals surface area contributed by atoms with Crippen LogP contribution in [-0.4, -0.2) is 56.5 Å². The smallest absolute Gasteiger partial charge is 0.288 e. The van der Waals surface area contributed by atoms with Crippen molar-refractivity contribution in [3.05, 3.63) is 12.2 Å². The Morgan fingerprint density at radius 2 is 2.20 bits per heavy atom. The van der Waals surface area contributed by atoms with E-state index in [0.717, 1.165) is 0 Å². The molecule has 1 unspecified atom stereocenters. The largest absolute Gasteiger partial charge is 0.394 e. The molecule has 1 aromatic heterocycles. The molecule has 2 aliphatic heterocycles. The molecule has 0 aromatic carbocycles. The van der Waals surface area contributed by atoms with E-state index >= 15 is 0 Å². The Balaban J connectivity index is 1.87. The molecule has 2 aliphatic rings. The van der Waals surface area contributed by atoms with Crippen molar-refractivity contribution in [1.29, 1.82) is 0 Å². The molecule has 2 saturated heterocycles. The summed E-state index contributed by atoms with van der Waals surface area (Å²) in [6.07, 6.45) is -0.644. The number of hydrogen-bond donors (Lipinski definition) is 2. The van der Waals surface area contributed by atoms with E-state index in [9.17, 15) is 9.90 Å². The third kappa shape index (κ3) is 2.08. The van der Waals surface area contributed by atoms with Crippen LogP contribution >= 0.6 is 0 Å². The van der Waals surface area contributed by atoms with Gasteiger partial charge in [-0.2, -0.15) is 0 Å². The highest BCUT2D eigenvalue weighted by Gasteiger charge is 2.56. The minimum Gasteiger partial charge on any atom is -0.394 e. The van der Waals surface area contributed by atoms with Gasteiger partial charge in [0.25, 0.3) is 5.91 Å². The molecule has 9 heteroatoms. The molecule has 0 radical (unpaired) electrons. The van der Waals surface area contributed by atoms with E-state index in [-0.39, 0.29) is 12.4 Å². The molecule has 110 valence electrons. The molecular weight excluding hydrogens is 268 g/mol. The van der Waals surface area contributed by atoms with Crippen molar-refractivity contribution in [2.45, 2.75) is 44.2 Å². The summed E-state index contributed by atoms with van der Waals surface area (Å²) in [5.74, 6) is -1.59. The molecule has 0 aliphatic carbocycles. The molecular formula is C11H16N4O5. The van der Waals surface area contributed by atoms with Gasteiger partial charge in [0.05, 0.1) is 6.61 Å². The first-order chi connectivity index (χ1) is 9.41. The zero-order valence-corrected chi connectivity index (χ0v) is 11.1. The molecule has 20 heavy (non-hydrogen) atoms. The highest BCUT2D eigenvalue weighted by Crippen LogP contribution is 2.42. The first-order valence-electron chi connectivity index (χ1n) is 6.24. The topological polar surface area (TPSA) is 122 Å². The van der Waals surface area contributed by atoms with Gasteiger partial charge in [-0.3, -0.25) is 4.79 Å². The maximum Gasteiger partial charge on any atom is 0.288 e. The van der Waals surface area contributed by atoms with Gasteiger partial charge < -0.3 is 25.1 Å². The first kappa shape index (κ1) is 13.4. The standard InChI is InChI=1S/C11H16N4O5/c1-11(2)19-6-5(3-16)18-10(7(6)20-11)15-4-13-9(14-15)8(12)17/h4-7,10,16H,3H2,1-2H3,(H2,12,17)/t5-,6-,7-,10?/m1/s1. The van der Waals surface area contributed by atoms with Gasteiger partial charge in [0, 0.05) is 0 Å². The molecule has 9 nitrogen and oxygen atoms in total. The van der Waals surface area contributed by atoms with Crippen LogP contribution in [0.15, 0.2) is 6.33 Å². The second-order valence-corrected chi connectivity index (χ2v) is 5.22. The summed E-state index contributed by atoms with van der Waals surface area (Å²) in [6, 6.07) is 0. The fraction of sp³-hybridized carbons (Fsp3) is 0.727. The Morgan fingerprint density at radius 1 is 1.50 bits per heavy atom. The minimum absolute atomic E-state index is 0.101. The number of aliphatic hydroxyl groups excluding tert-OH is 1. The third-order valence-electron chi connectivity index (χ3n) is 3.29. The van der Waals surface area contributed by atoms with Gasteiger partial charge in [-0.1, -0.05) is 0 Å². The lowest BCUT2D eigenvalue weighted by Gasteiger charge is -2.23. The van der Waals surface area contributed by atoms with E-state index in [0.29, 0.717) is 0 Å². The molecule has 3 rings (SSSR count). The lowest BCUT2D eigenvalue weighted by molar-refractivity contribution is -0.201. The number of hydrogen-bond acceptors (Lipinski definition) is 7. The first-order valence-corrected chi connectivity index (χ1v) is 6.24. The molecule has 3 heterocycles. The lowest BCUT2D eigenvalue weighted by atomic mass is 10.1. The monoisotopic (exact) mass is 284 g/mol. The van der Waals surface area contributed by atoms with E-state index < -0.39 is 36.2 Å². The summed E-state index contributed by atoms with van der Waals surface area (Å²) < 4.78 is 18.5. The summed E-state index contributed by atoms with van der Waals surface area (Å²) in [4.78, 5) is 14.8. The van der Waals surface area contributed by atoms with Crippen LogP contribution in [0.25, 0.3) is 0 Å². The van der Waals surface area contributed by atoms with Gasteiger partial charge in [0.2, 0.25) is 5.82 Å². The van der Waals surface area contributed by atoms with Crippen LogP contribution in [0.5, 0.6) is 0 Å². The molecule has 0 spiro atoms. The van der Waals surface area contributed by atoms with E-state index in [1.54, 1.807) is 13.8 Å². The summed E-state index contributed by atoms with van der Waals surface area (Å²) in [5, 5.41) is 13.3. The Hall–Kier alpha value is -1.55. The average Bonchev–Trinajstić information content (AvgIpc) is 3.01. The summed E-state index contributed by atoms with van der Waals surface area (Å²) in [6.45, 7) is 3.37. The number of nitrogens with two attached hydrogens (primary N) is 1. The number of primary amides is 1. The van der Waals surface area contributed by atoms with Crippen LogP contribution in [0.4, 0.5) is 0 Å². The van der Waals surface area contributed by atoms with Crippen LogP contribution in [0, 0.1) is 0 Å². The van der Waals surface area contributed by atoms with Crippen LogP contribution in [0.2, 0.25) is 0 Å². The fourth-order valence-electron chi connectivity index (χ4n) is 2.53. The third-order valence-corrected chi connectivity index (χ3v) is 3.29. The van der Waals surface area contributed by atoms with E-state index in [1.165, 1.54) is 11.0 Å². The predicted octanol–water partition coefficient (Wildman–Crippen LogP) is -1.21. The quantitative estimate of drug-likeness (QED) is 0.713. The van der Waals surface area contributed by atoms with E-state index in [1.807, 2.05) is 0 Å². The minimum atomic E-state index is -0.766.